The van der Waals surface area contributed by atoms with Crippen LogP contribution in [0.4, 0.5) is 11.4 Å². The Hall–Kier alpha value is -1.30. The lowest BCUT2D eigenvalue weighted by molar-refractivity contribution is 0.185. The first-order chi connectivity index (χ1) is 10.7. The van der Waals surface area contributed by atoms with E-state index in [9.17, 15) is 5.11 Å². The normalized spacial score (nSPS) is 25.8. The van der Waals surface area contributed by atoms with Gasteiger partial charge in [-0.3, -0.25) is 0 Å². The van der Waals surface area contributed by atoms with Gasteiger partial charge in [-0.2, -0.15) is 0 Å². The van der Waals surface area contributed by atoms with Crippen LogP contribution in [0.15, 0.2) is 18.2 Å². The van der Waals surface area contributed by atoms with E-state index in [4.69, 9.17) is 4.74 Å². The summed E-state index contributed by atoms with van der Waals surface area (Å²) < 4.78 is 5.40. The average molecular weight is 305 g/mol. The van der Waals surface area contributed by atoms with E-state index in [0.29, 0.717) is 12.6 Å². The number of piperazine rings is 1. The highest BCUT2D eigenvalue weighted by molar-refractivity contribution is 5.63. The number of aliphatic hydroxyl groups is 1. The van der Waals surface area contributed by atoms with Gasteiger partial charge in [-0.15, -0.1) is 0 Å². The summed E-state index contributed by atoms with van der Waals surface area (Å²) in [6, 6.07) is 7.16. The number of nitrogens with one attached hydrogen (secondary N) is 1. The lowest BCUT2D eigenvalue weighted by atomic mass is 10.1. The van der Waals surface area contributed by atoms with Gasteiger partial charge in [0, 0.05) is 62.8 Å². The Labute approximate surface area is 132 Å². The zero-order valence-corrected chi connectivity index (χ0v) is 13.6. The van der Waals surface area contributed by atoms with E-state index in [1.165, 1.54) is 16.9 Å². The Morgan fingerprint density at radius 2 is 2.23 bits per heavy atom. The molecule has 122 valence electrons. The minimum Gasteiger partial charge on any atom is -0.391 e. The van der Waals surface area contributed by atoms with Crippen molar-refractivity contribution in [2.75, 3.05) is 49.6 Å². The van der Waals surface area contributed by atoms with Crippen molar-refractivity contribution in [2.24, 2.45) is 0 Å². The fraction of sp³-hybridized carbons (Fsp3) is 0.647. The van der Waals surface area contributed by atoms with Crippen LogP contribution in [0.3, 0.4) is 0 Å². The molecule has 1 aromatic rings. The monoisotopic (exact) mass is 305 g/mol. The maximum atomic E-state index is 9.79. The van der Waals surface area contributed by atoms with Crippen LogP contribution in [0.2, 0.25) is 0 Å². The van der Waals surface area contributed by atoms with Crippen LogP contribution in [0, 0.1) is 0 Å². The first kappa shape index (κ1) is 15.6. The van der Waals surface area contributed by atoms with E-state index in [0.717, 1.165) is 39.1 Å². The number of hydrogen-bond acceptors (Lipinski definition) is 5. The second-order valence-electron chi connectivity index (χ2n) is 6.38. The van der Waals surface area contributed by atoms with E-state index in [-0.39, 0.29) is 6.10 Å². The molecular formula is C17H27N3O2. The van der Waals surface area contributed by atoms with Crippen molar-refractivity contribution in [3.8, 4) is 0 Å². The molecule has 0 aliphatic carbocycles. The van der Waals surface area contributed by atoms with Gasteiger partial charge < -0.3 is 25.0 Å². The van der Waals surface area contributed by atoms with Crippen LogP contribution in [-0.2, 0) is 11.3 Å². The fourth-order valence-corrected chi connectivity index (χ4v) is 3.52. The summed E-state index contributed by atoms with van der Waals surface area (Å²) in [5.74, 6) is 0. The van der Waals surface area contributed by atoms with Crippen molar-refractivity contribution in [1.29, 1.82) is 0 Å². The molecule has 0 saturated carbocycles. The molecule has 0 unspecified atom stereocenters. The minimum atomic E-state index is -0.205. The lowest BCUT2D eigenvalue weighted by Gasteiger charge is -2.36. The maximum absolute atomic E-state index is 9.79. The highest BCUT2D eigenvalue weighted by atomic mass is 16.5. The predicted molar refractivity (Wildman–Crippen MR) is 89.7 cm³/mol. The van der Waals surface area contributed by atoms with Gasteiger partial charge in [0.05, 0.1) is 12.7 Å². The molecular weight excluding hydrogens is 278 g/mol. The second-order valence-corrected chi connectivity index (χ2v) is 6.38. The first-order valence-electron chi connectivity index (χ1n) is 8.21. The van der Waals surface area contributed by atoms with Crippen molar-refractivity contribution in [3.05, 3.63) is 23.8 Å². The molecule has 0 aromatic heterocycles. The van der Waals surface area contributed by atoms with Crippen molar-refractivity contribution in [1.82, 2.24) is 5.32 Å². The molecule has 2 atom stereocenters. The van der Waals surface area contributed by atoms with Gasteiger partial charge in [0.25, 0.3) is 0 Å². The van der Waals surface area contributed by atoms with Gasteiger partial charge in [0.1, 0.15) is 0 Å². The Bertz CT molecular complexity index is 509. The average Bonchev–Trinajstić information content (AvgIpc) is 2.94. The predicted octanol–water partition coefficient (Wildman–Crippen LogP) is 1.20. The zero-order chi connectivity index (χ0) is 15.5. The van der Waals surface area contributed by atoms with Gasteiger partial charge in [-0.05, 0) is 31.5 Å². The molecule has 3 rings (SSSR count). The molecule has 2 aliphatic heterocycles. The number of benzene rings is 1. The SMILES string of the molecule is COCc1cc(N2CCNC[C@@H]2C)ccc1N1CC[C@H](O)C1. The molecule has 22 heavy (non-hydrogen) atoms. The number of methoxy groups -OCH3 is 1. The topological polar surface area (TPSA) is 48.0 Å². The van der Waals surface area contributed by atoms with Crippen molar-refractivity contribution in [2.45, 2.75) is 32.1 Å². The summed E-state index contributed by atoms with van der Waals surface area (Å²) in [6.07, 6.45) is 0.645. The summed E-state index contributed by atoms with van der Waals surface area (Å²) >= 11 is 0. The van der Waals surface area contributed by atoms with Gasteiger partial charge >= 0.3 is 0 Å². The molecule has 5 heteroatoms. The first-order valence-corrected chi connectivity index (χ1v) is 8.21. The smallest absolute Gasteiger partial charge is 0.0734 e. The fourth-order valence-electron chi connectivity index (χ4n) is 3.52. The summed E-state index contributed by atoms with van der Waals surface area (Å²) in [4.78, 5) is 4.72. The number of hydrogen-bond donors (Lipinski definition) is 2. The highest BCUT2D eigenvalue weighted by Crippen LogP contribution is 2.30. The van der Waals surface area contributed by atoms with Gasteiger partial charge in [0.2, 0.25) is 0 Å². The van der Waals surface area contributed by atoms with Gasteiger partial charge in [-0.25, -0.2) is 0 Å². The molecule has 0 amide bonds. The Balaban J connectivity index is 1.86. The third kappa shape index (κ3) is 3.21. The Morgan fingerprint density at radius 3 is 2.91 bits per heavy atom. The van der Waals surface area contributed by atoms with Gasteiger partial charge in [0.15, 0.2) is 0 Å². The number of β-amino-alcohol motifs (C(OH)–C–C–N with tert-alkyl or cyclic N) is 1. The molecule has 0 bridgehead atoms. The number of ether oxygens (including phenoxy) is 1. The third-order valence-electron chi connectivity index (χ3n) is 4.70. The van der Waals surface area contributed by atoms with E-state index >= 15 is 0 Å². The van der Waals surface area contributed by atoms with E-state index in [1.807, 2.05) is 0 Å². The lowest BCUT2D eigenvalue weighted by Crippen LogP contribution is -2.49. The summed E-state index contributed by atoms with van der Waals surface area (Å²) in [5, 5.41) is 13.2. The third-order valence-corrected chi connectivity index (χ3v) is 4.70. The highest BCUT2D eigenvalue weighted by Gasteiger charge is 2.24. The van der Waals surface area contributed by atoms with Crippen LogP contribution >= 0.6 is 0 Å². The number of nitrogens with zero attached hydrogens (tertiary/aromatic N) is 2. The summed E-state index contributed by atoms with van der Waals surface area (Å²) in [6.45, 7) is 7.60. The quantitative estimate of drug-likeness (QED) is 0.875. The molecule has 0 radical (unpaired) electrons. The maximum Gasteiger partial charge on any atom is 0.0734 e. The Morgan fingerprint density at radius 1 is 1.36 bits per heavy atom. The van der Waals surface area contributed by atoms with Crippen molar-refractivity contribution in [3.63, 3.8) is 0 Å². The van der Waals surface area contributed by atoms with Crippen LogP contribution in [0.5, 0.6) is 0 Å². The van der Waals surface area contributed by atoms with Crippen molar-refractivity contribution < 1.29 is 9.84 Å². The largest absolute Gasteiger partial charge is 0.391 e. The molecule has 5 nitrogen and oxygen atoms in total. The second kappa shape index (κ2) is 6.86. The van der Waals surface area contributed by atoms with Crippen molar-refractivity contribution >= 4 is 11.4 Å². The Kier molecular flexibility index (Phi) is 4.86. The zero-order valence-electron chi connectivity index (χ0n) is 13.6. The van der Waals surface area contributed by atoms with Crippen LogP contribution in [0.25, 0.3) is 0 Å². The molecule has 2 aliphatic rings. The molecule has 2 fully saturated rings. The van der Waals surface area contributed by atoms with Crippen LogP contribution in [-0.4, -0.2) is 57.1 Å². The molecule has 2 N–H and O–H groups in total. The molecule has 0 spiro atoms. The number of aliphatic hydroxyl groups excluding tert-OH is 1. The summed E-state index contributed by atoms with van der Waals surface area (Å²) in [7, 11) is 1.74. The molecule has 2 heterocycles. The number of anilines is 2. The minimum absolute atomic E-state index is 0.205. The van der Waals surface area contributed by atoms with Gasteiger partial charge in [-0.1, -0.05) is 0 Å². The standard InChI is InChI=1S/C17H27N3O2/c1-13-10-18-6-8-20(13)15-3-4-17(14(9-15)12-22-2)19-7-5-16(21)11-19/h3-4,9,13,16,18,21H,5-8,10-12H2,1-2H3/t13-,16-/m0/s1. The van der Waals surface area contributed by atoms with Crippen LogP contribution in [0.1, 0.15) is 18.9 Å². The van der Waals surface area contributed by atoms with Crippen LogP contribution < -0.4 is 15.1 Å². The van der Waals surface area contributed by atoms with E-state index < -0.39 is 0 Å². The van der Waals surface area contributed by atoms with E-state index in [2.05, 4.69) is 40.2 Å². The van der Waals surface area contributed by atoms with E-state index in [1.54, 1.807) is 7.11 Å². The molecule has 1 aromatic carbocycles. The number of rotatable bonds is 4. The summed E-state index contributed by atoms with van der Waals surface area (Å²) in [5.41, 5.74) is 3.68. The molecule has 2 saturated heterocycles.